The second-order valence-corrected chi connectivity index (χ2v) is 3.39. The van der Waals surface area contributed by atoms with E-state index in [2.05, 4.69) is 25.1 Å². The van der Waals surface area contributed by atoms with Gasteiger partial charge >= 0.3 is 0 Å². The molecule has 5 N–H and O–H groups in total. The molecule has 0 aliphatic rings. The standard InChI is InChI=1S/C6H7N7S/c7-3-1-4(12-5(8)11-3)14-6-9-2-10-13-6/h1-2H,(H,9,10,13)(H4,7,8,11,12). The zero-order chi connectivity index (χ0) is 9.97. The van der Waals surface area contributed by atoms with Crippen LogP contribution in [0.15, 0.2) is 22.6 Å². The van der Waals surface area contributed by atoms with Crippen molar-refractivity contribution in [2.45, 2.75) is 10.2 Å². The number of H-pyrrole nitrogens is 1. The van der Waals surface area contributed by atoms with E-state index in [0.717, 1.165) is 0 Å². The Morgan fingerprint density at radius 3 is 2.79 bits per heavy atom. The lowest BCUT2D eigenvalue weighted by Gasteiger charge is -1.99. The quantitative estimate of drug-likeness (QED) is 0.591. The van der Waals surface area contributed by atoms with E-state index in [1.807, 2.05) is 0 Å². The molecule has 0 bridgehead atoms. The van der Waals surface area contributed by atoms with Crippen LogP contribution in [0.25, 0.3) is 0 Å². The normalized spacial score (nSPS) is 10.3. The molecule has 0 aromatic carbocycles. The third kappa shape index (κ3) is 1.91. The predicted octanol–water partition coefficient (Wildman–Crippen LogP) is -0.0897. The summed E-state index contributed by atoms with van der Waals surface area (Å²) in [7, 11) is 0. The van der Waals surface area contributed by atoms with Crippen molar-refractivity contribution in [2.75, 3.05) is 11.5 Å². The molecule has 0 spiro atoms. The zero-order valence-corrected chi connectivity index (χ0v) is 7.82. The number of hydrogen-bond acceptors (Lipinski definition) is 7. The molecule has 0 saturated carbocycles. The first-order valence-corrected chi connectivity index (χ1v) is 4.49. The van der Waals surface area contributed by atoms with Gasteiger partial charge in [0.1, 0.15) is 17.2 Å². The van der Waals surface area contributed by atoms with Crippen molar-refractivity contribution in [2.24, 2.45) is 0 Å². The van der Waals surface area contributed by atoms with Gasteiger partial charge in [0.15, 0.2) is 5.16 Å². The first kappa shape index (κ1) is 8.75. The fourth-order valence-electron chi connectivity index (χ4n) is 0.856. The number of aromatic nitrogens is 5. The molecule has 0 unspecified atom stereocenters. The monoisotopic (exact) mass is 209 g/mol. The number of hydrogen-bond donors (Lipinski definition) is 3. The summed E-state index contributed by atoms with van der Waals surface area (Å²) >= 11 is 1.28. The van der Waals surface area contributed by atoms with Gasteiger partial charge in [0.05, 0.1) is 0 Å². The highest BCUT2D eigenvalue weighted by Gasteiger charge is 2.03. The van der Waals surface area contributed by atoms with Crippen LogP contribution in [0.2, 0.25) is 0 Å². The molecule has 2 aromatic heterocycles. The summed E-state index contributed by atoms with van der Waals surface area (Å²) in [5.41, 5.74) is 10.9. The Bertz CT molecular complexity index is 405. The largest absolute Gasteiger partial charge is 0.383 e. The van der Waals surface area contributed by atoms with Gasteiger partial charge in [0.2, 0.25) is 5.95 Å². The van der Waals surface area contributed by atoms with Gasteiger partial charge in [-0.25, -0.2) is 9.97 Å². The van der Waals surface area contributed by atoms with Crippen molar-refractivity contribution in [1.82, 2.24) is 25.1 Å². The number of nitrogens with two attached hydrogens (primary N) is 2. The molecule has 0 radical (unpaired) electrons. The van der Waals surface area contributed by atoms with Gasteiger partial charge in [-0.05, 0) is 11.8 Å². The van der Waals surface area contributed by atoms with Crippen molar-refractivity contribution in [3.8, 4) is 0 Å². The fourth-order valence-corrected chi connectivity index (χ4v) is 1.57. The lowest BCUT2D eigenvalue weighted by Crippen LogP contribution is -1.99. The first-order chi connectivity index (χ1) is 6.74. The number of nitrogens with one attached hydrogen (secondary N) is 1. The molecule has 0 aliphatic carbocycles. The molecule has 8 heteroatoms. The number of rotatable bonds is 2. The molecule has 2 rings (SSSR count). The molecule has 2 heterocycles. The van der Waals surface area contributed by atoms with Crippen molar-refractivity contribution in [1.29, 1.82) is 0 Å². The van der Waals surface area contributed by atoms with Gasteiger partial charge in [-0.2, -0.15) is 10.1 Å². The Labute approximate surface area is 83.3 Å². The Kier molecular flexibility index (Phi) is 2.19. The van der Waals surface area contributed by atoms with Crippen molar-refractivity contribution >= 4 is 23.5 Å². The van der Waals surface area contributed by atoms with Gasteiger partial charge < -0.3 is 11.5 Å². The van der Waals surface area contributed by atoms with E-state index < -0.39 is 0 Å². The number of anilines is 2. The summed E-state index contributed by atoms with van der Waals surface area (Å²) < 4.78 is 0. The summed E-state index contributed by atoms with van der Waals surface area (Å²) in [4.78, 5) is 11.6. The van der Waals surface area contributed by atoms with E-state index in [4.69, 9.17) is 11.5 Å². The molecule has 14 heavy (non-hydrogen) atoms. The molecule has 0 aliphatic heterocycles. The fraction of sp³-hybridized carbons (Fsp3) is 0. The zero-order valence-electron chi connectivity index (χ0n) is 7.01. The van der Waals surface area contributed by atoms with Gasteiger partial charge in [0, 0.05) is 6.07 Å². The highest BCUT2D eigenvalue weighted by Crippen LogP contribution is 2.23. The van der Waals surface area contributed by atoms with E-state index in [0.29, 0.717) is 16.0 Å². The van der Waals surface area contributed by atoms with Crippen molar-refractivity contribution < 1.29 is 0 Å². The lowest BCUT2D eigenvalue weighted by molar-refractivity contribution is 0.965. The SMILES string of the molecule is Nc1cc(Sc2ncn[nH]2)nc(N)n1. The van der Waals surface area contributed by atoms with Crippen LogP contribution < -0.4 is 11.5 Å². The topological polar surface area (TPSA) is 119 Å². The molecule has 0 saturated heterocycles. The van der Waals surface area contributed by atoms with Crippen LogP contribution in [-0.2, 0) is 0 Å². The summed E-state index contributed by atoms with van der Waals surface area (Å²) in [5, 5.41) is 7.64. The van der Waals surface area contributed by atoms with E-state index in [1.165, 1.54) is 18.1 Å². The minimum absolute atomic E-state index is 0.145. The number of nitrogen functional groups attached to an aromatic ring is 2. The van der Waals surface area contributed by atoms with E-state index >= 15 is 0 Å². The van der Waals surface area contributed by atoms with Crippen LogP contribution in [0.5, 0.6) is 0 Å². The predicted molar refractivity (Wildman–Crippen MR) is 51.4 cm³/mol. The van der Waals surface area contributed by atoms with Gasteiger partial charge in [-0.3, -0.25) is 5.10 Å². The molecular formula is C6H7N7S. The van der Waals surface area contributed by atoms with Crippen LogP contribution >= 0.6 is 11.8 Å². The smallest absolute Gasteiger partial charge is 0.223 e. The molecule has 72 valence electrons. The number of aromatic amines is 1. The summed E-state index contributed by atoms with van der Waals surface area (Å²) in [5.74, 6) is 0.478. The molecular weight excluding hydrogens is 202 g/mol. The molecule has 7 nitrogen and oxygen atoms in total. The van der Waals surface area contributed by atoms with Gasteiger partial charge in [-0.1, -0.05) is 0 Å². The molecule has 0 fully saturated rings. The van der Waals surface area contributed by atoms with Crippen LogP contribution in [0.4, 0.5) is 11.8 Å². The Hall–Kier alpha value is -1.83. The first-order valence-electron chi connectivity index (χ1n) is 3.67. The molecule has 0 amide bonds. The summed E-state index contributed by atoms with van der Waals surface area (Å²) in [6.45, 7) is 0. The summed E-state index contributed by atoms with van der Waals surface area (Å²) in [6.07, 6.45) is 1.41. The maximum absolute atomic E-state index is 5.50. The maximum atomic E-state index is 5.50. The average molecular weight is 209 g/mol. The second-order valence-electron chi connectivity index (χ2n) is 2.38. The van der Waals surface area contributed by atoms with E-state index in [1.54, 1.807) is 6.07 Å². The highest BCUT2D eigenvalue weighted by molar-refractivity contribution is 7.99. The third-order valence-corrected chi connectivity index (χ3v) is 2.14. The van der Waals surface area contributed by atoms with Crippen LogP contribution in [0.3, 0.4) is 0 Å². The van der Waals surface area contributed by atoms with Crippen LogP contribution in [0, 0.1) is 0 Å². The van der Waals surface area contributed by atoms with Crippen LogP contribution in [-0.4, -0.2) is 25.1 Å². The van der Waals surface area contributed by atoms with E-state index in [9.17, 15) is 0 Å². The van der Waals surface area contributed by atoms with Gasteiger partial charge in [0.25, 0.3) is 0 Å². The Morgan fingerprint density at radius 2 is 2.14 bits per heavy atom. The Morgan fingerprint density at radius 1 is 1.29 bits per heavy atom. The summed E-state index contributed by atoms with van der Waals surface area (Å²) in [6, 6.07) is 1.61. The van der Waals surface area contributed by atoms with Gasteiger partial charge in [-0.15, -0.1) is 0 Å². The molecule has 0 atom stereocenters. The average Bonchev–Trinajstić information content (AvgIpc) is 2.54. The molecule has 2 aromatic rings. The minimum Gasteiger partial charge on any atom is -0.383 e. The maximum Gasteiger partial charge on any atom is 0.223 e. The van der Waals surface area contributed by atoms with E-state index in [-0.39, 0.29) is 5.95 Å². The third-order valence-electron chi connectivity index (χ3n) is 1.33. The minimum atomic E-state index is 0.145. The number of nitrogens with zero attached hydrogens (tertiary/aromatic N) is 4. The van der Waals surface area contributed by atoms with Crippen molar-refractivity contribution in [3.05, 3.63) is 12.4 Å². The second kappa shape index (κ2) is 3.50. The lowest BCUT2D eigenvalue weighted by atomic mass is 10.6. The highest BCUT2D eigenvalue weighted by atomic mass is 32.2. The Balaban J connectivity index is 2.25. The van der Waals surface area contributed by atoms with Crippen molar-refractivity contribution in [3.63, 3.8) is 0 Å². The van der Waals surface area contributed by atoms with Crippen LogP contribution in [0.1, 0.15) is 0 Å².